The van der Waals surface area contributed by atoms with Crippen molar-refractivity contribution in [3.05, 3.63) is 88.4 Å². The Morgan fingerprint density at radius 3 is 2.47 bits per heavy atom. The van der Waals surface area contributed by atoms with Gasteiger partial charge in [-0.15, -0.1) is 0 Å². The first-order chi connectivity index (χ1) is 17.3. The van der Waals surface area contributed by atoms with Gasteiger partial charge in [0.2, 0.25) is 11.8 Å². The molecule has 3 amide bonds. The average molecular weight is 506 g/mol. The lowest BCUT2D eigenvalue weighted by molar-refractivity contribution is -0.126. The molecule has 1 aliphatic rings. The van der Waals surface area contributed by atoms with Crippen LogP contribution in [0.3, 0.4) is 0 Å². The van der Waals surface area contributed by atoms with Crippen LogP contribution in [-0.4, -0.2) is 30.9 Å². The van der Waals surface area contributed by atoms with Crippen LogP contribution in [0, 0.1) is 19.8 Å². The fraction of sp³-hybridized carbons (Fsp3) is 0.250. The number of ether oxygens (including phenoxy) is 1. The Morgan fingerprint density at radius 1 is 1.03 bits per heavy atom. The van der Waals surface area contributed by atoms with E-state index >= 15 is 0 Å². The number of hydrogen-bond donors (Lipinski definition) is 2. The van der Waals surface area contributed by atoms with E-state index in [-0.39, 0.29) is 30.7 Å². The summed E-state index contributed by atoms with van der Waals surface area (Å²) >= 11 is 5.89. The second-order valence-electron chi connectivity index (χ2n) is 8.83. The van der Waals surface area contributed by atoms with E-state index in [1.165, 1.54) is 0 Å². The molecule has 8 heteroatoms. The Kier molecular flexibility index (Phi) is 7.90. The second kappa shape index (κ2) is 11.3. The third-order valence-corrected chi connectivity index (χ3v) is 6.52. The van der Waals surface area contributed by atoms with Crippen molar-refractivity contribution in [2.24, 2.45) is 5.92 Å². The first-order valence-electron chi connectivity index (χ1n) is 11.7. The summed E-state index contributed by atoms with van der Waals surface area (Å²) in [6.45, 7) is 4.50. The van der Waals surface area contributed by atoms with Gasteiger partial charge in [-0.1, -0.05) is 35.9 Å². The highest BCUT2D eigenvalue weighted by molar-refractivity contribution is 6.30. The summed E-state index contributed by atoms with van der Waals surface area (Å²) < 4.78 is 5.61. The van der Waals surface area contributed by atoms with E-state index in [1.54, 1.807) is 41.3 Å². The molecular formula is C28H28ClN3O4. The molecule has 1 saturated heterocycles. The van der Waals surface area contributed by atoms with Crippen LogP contribution >= 0.6 is 11.6 Å². The number of amides is 3. The SMILES string of the molecule is Cc1cccc(NC(=O)COc2ccc(N3C[C@@H](C(=O)NCc4ccc(Cl)cc4)CC3=O)cc2)c1C. The zero-order valence-corrected chi connectivity index (χ0v) is 21.0. The first-order valence-corrected chi connectivity index (χ1v) is 12.1. The van der Waals surface area contributed by atoms with Crippen molar-refractivity contribution < 1.29 is 19.1 Å². The average Bonchev–Trinajstić information content (AvgIpc) is 3.27. The second-order valence-corrected chi connectivity index (χ2v) is 9.26. The molecule has 0 radical (unpaired) electrons. The maximum absolute atomic E-state index is 12.6. The van der Waals surface area contributed by atoms with E-state index < -0.39 is 5.92 Å². The van der Waals surface area contributed by atoms with Crippen LogP contribution in [0.4, 0.5) is 11.4 Å². The van der Waals surface area contributed by atoms with Gasteiger partial charge in [-0.05, 0) is 73.0 Å². The monoisotopic (exact) mass is 505 g/mol. The van der Waals surface area contributed by atoms with Gasteiger partial charge in [-0.3, -0.25) is 14.4 Å². The minimum Gasteiger partial charge on any atom is -0.484 e. The quantitative estimate of drug-likeness (QED) is 0.466. The van der Waals surface area contributed by atoms with Crippen molar-refractivity contribution in [3.8, 4) is 5.75 Å². The molecular weight excluding hydrogens is 478 g/mol. The zero-order chi connectivity index (χ0) is 25.7. The zero-order valence-electron chi connectivity index (χ0n) is 20.2. The lowest BCUT2D eigenvalue weighted by Crippen LogP contribution is -2.32. The number of rotatable bonds is 8. The number of aryl methyl sites for hydroxylation is 1. The Morgan fingerprint density at radius 2 is 1.75 bits per heavy atom. The van der Waals surface area contributed by atoms with E-state index in [2.05, 4.69) is 10.6 Å². The maximum Gasteiger partial charge on any atom is 0.262 e. The molecule has 0 aliphatic carbocycles. The molecule has 1 atom stereocenters. The molecule has 186 valence electrons. The van der Waals surface area contributed by atoms with E-state index in [0.29, 0.717) is 29.5 Å². The third kappa shape index (κ3) is 6.23. The van der Waals surface area contributed by atoms with Gasteiger partial charge in [0.1, 0.15) is 5.75 Å². The fourth-order valence-electron chi connectivity index (χ4n) is 4.01. The molecule has 1 fully saturated rings. The Balaban J connectivity index is 1.27. The van der Waals surface area contributed by atoms with Crippen LogP contribution < -0.4 is 20.3 Å². The topological polar surface area (TPSA) is 87.7 Å². The number of nitrogens with one attached hydrogen (secondary N) is 2. The molecule has 1 aliphatic heterocycles. The molecule has 1 heterocycles. The van der Waals surface area contributed by atoms with Gasteiger partial charge >= 0.3 is 0 Å². The summed E-state index contributed by atoms with van der Waals surface area (Å²) in [5.74, 6) is -0.429. The van der Waals surface area contributed by atoms with Crippen molar-refractivity contribution in [2.75, 3.05) is 23.4 Å². The number of nitrogens with zero attached hydrogens (tertiary/aromatic N) is 1. The fourth-order valence-corrected chi connectivity index (χ4v) is 4.14. The van der Waals surface area contributed by atoms with E-state index in [0.717, 1.165) is 22.4 Å². The van der Waals surface area contributed by atoms with Gasteiger partial charge in [0.25, 0.3) is 5.91 Å². The van der Waals surface area contributed by atoms with Crippen LogP contribution in [0.25, 0.3) is 0 Å². The minimum absolute atomic E-state index is 0.108. The molecule has 0 bridgehead atoms. The van der Waals surface area contributed by atoms with Crippen molar-refractivity contribution in [3.63, 3.8) is 0 Å². The number of carbonyl (C=O) groups excluding carboxylic acids is 3. The van der Waals surface area contributed by atoms with Crippen molar-refractivity contribution in [1.29, 1.82) is 0 Å². The Bertz CT molecular complexity index is 1260. The smallest absolute Gasteiger partial charge is 0.262 e. The molecule has 2 N–H and O–H groups in total. The molecule has 3 aromatic carbocycles. The van der Waals surface area contributed by atoms with Crippen molar-refractivity contribution in [1.82, 2.24) is 5.32 Å². The largest absolute Gasteiger partial charge is 0.484 e. The number of anilines is 2. The molecule has 3 aromatic rings. The minimum atomic E-state index is -0.422. The summed E-state index contributed by atoms with van der Waals surface area (Å²) in [6, 6.07) is 19.9. The Labute approximate surface area is 215 Å². The molecule has 0 unspecified atom stereocenters. The van der Waals surface area contributed by atoms with Gasteiger partial charge < -0.3 is 20.3 Å². The third-order valence-electron chi connectivity index (χ3n) is 6.27. The normalized spacial score (nSPS) is 15.0. The lowest BCUT2D eigenvalue weighted by Gasteiger charge is -2.17. The standard InChI is InChI=1S/C28H28ClN3O4/c1-18-4-3-5-25(19(18)2)31-26(33)17-36-24-12-10-23(11-13-24)32-16-21(14-27(32)34)28(35)30-15-20-6-8-22(29)9-7-20/h3-13,21H,14-17H2,1-2H3,(H,30,35)(H,31,33)/t21-/m0/s1. The van der Waals surface area contributed by atoms with Crippen LogP contribution in [0.2, 0.25) is 5.02 Å². The van der Waals surface area contributed by atoms with Crippen molar-refractivity contribution >= 4 is 40.7 Å². The number of halogens is 1. The van der Waals surface area contributed by atoms with Crippen LogP contribution in [0.5, 0.6) is 5.75 Å². The lowest BCUT2D eigenvalue weighted by atomic mass is 10.1. The van der Waals surface area contributed by atoms with Crippen LogP contribution in [0.15, 0.2) is 66.7 Å². The van der Waals surface area contributed by atoms with Gasteiger partial charge in [0, 0.05) is 35.9 Å². The molecule has 36 heavy (non-hydrogen) atoms. The highest BCUT2D eigenvalue weighted by Gasteiger charge is 2.35. The highest BCUT2D eigenvalue weighted by Crippen LogP contribution is 2.27. The summed E-state index contributed by atoms with van der Waals surface area (Å²) in [4.78, 5) is 39.1. The van der Waals surface area contributed by atoms with Gasteiger partial charge in [0.05, 0.1) is 5.92 Å². The first kappa shape index (κ1) is 25.3. The van der Waals surface area contributed by atoms with Gasteiger partial charge in [-0.25, -0.2) is 0 Å². The van der Waals surface area contributed by atoms with Crippen LogP contribution in [-0.2, 0) is 20.9 Å². The highest BCUT2D eigenvalue weighted by atomic mass is 35.5. The Hall–Kier alpha value is -3.84. The van der Waals surface area contributed by atoms with Crippen molar-refractivity contribution in [2.45, 2.75) is 26.8 Å². The molecule has 4 rings (SSSR count). The number of benzene rings is 3. The van der Waals surface area contributed by atoms with E-state index in [9.17, 15) is 14.4 Å². The van der Waals surface area contributed by atoms with Gasteiger partial charge in [-0.2, -0.15) is 0 Å². The summed E-state index contributed by atoms with van der Waals surface area (Å²) in [7, 11) is 0. The summed E-state index contributed by atoms with van der Waals surface area (Å²) in [5.41, 5.74) is 4.50. The summed E-state index contributed by atoms with van der Waals surface area (Å²) in [6.07, 6.45) is 0.156. The number of hydrogen-bond acceptors (Lipinski definition) is 4. The maximum atomic E-state index is 12.6. The molecule has 7 nitrogen and oxygen atoms in total. The van der Waals surface area contributed by atoms with E-state index in [1.807, 2.05) is 44.2 Å². The summed E-state index contributed by atoms with van der Waals surface area (Å²) in [5, 5.41) is 6.39. The number of carbonyl (C=O) groups is 3. The predicted molar refractivity (Wildman–Crippen MR) is 140 cm³/mol. The molecule has 0 aromatic heterocycles. The van der Waals surface area contributed by atoms with Gasteiger partial charge in [0.15, 0.2) is 6.61 Å². The molecule has 0 spiro atoms. The van der Waals surface area contributed by atoms with Crippen LogP contribution in [0.1, 0.15) is 23.1 Å². The van der Waals surface area contributed by atoms with E-state index in [4.69, 9.17) is 16.3 Å². The predicted octanol–water partition coefficient (Wildman–Crippen LogP) is 4.64. The molecule has 0 saturated carbocycles.